The standard InChI is InChI=1S/C23H24F4N4O2/c1-13(2)20-19-18(30-10-4-5-14(12-30)23(25,26)27)11-17(22(32)33-3)28-21(19)31(29-20)16-8-6-15(24)7-9-16/h6-9,11,13-14H,4-5,10,12H2,1-3H3. The molecule has 176 valence electrons. The number of esters is 1. The Bertz CT molecular complexity index is 1170. The van der Waals surface area contributed by atoms with Crippen LogP contribution in [0.25, 0.3) is 16.7 Å². The number of carbonyl (C=O) groups excluding carboxylic acids is 1. The number of nitrogens with zero attached hydrogens (tertiary/aromatic N) is 4. The number of methoxy groups -OCH3 is 1. The van der Waals surface area contributed by atoms with Gasteiger partial charge in [-0.05, 0) is 49.1 Å². The van der Waals surface area contributed by atoms with E-state index < -0.39 is 23.9 Å². The molecular formula is C23H24F4N4O2. The van der Waals surface area contributed by atoms with E-state index in [9.17, 15) is 22.4 Å². The Morgan fingerprint density at radius 1 is 1.21 bits per heavy atom. The van der Waals surface area contributed by atoms with Crippen LogP contribution >= 0.6 is 0 Å². The number of fused-ring (bicyclic) bond motifs is 1. The smallest absolute Gasteiger partial charge is 0.393 e. The summed E-state index contributed by atoms with van der Waals surface area (Å²) in [6.45, 7) is 4.03. The Kier molecular flexibility index (Phi) is 6.02. The summed E-state index contributed by atoms with van der Waals surface area (Å²) >= 11 is 0. The van der Waals surface area contributed by atoms with Gasteiger partial charge < -0.3 is 9.64 Å². The highest BCUT2D eigenvalue weighted by Crippen LogP contribution is 2.39. The van der Waals surface area contributed by atoms with Crippen molar-refractivity contribution in [2.45, 2.75) is 38.8 Å². The molecule has 6 nitrogen and oxygen atoms in total. The van der Waals surface area contributed by atoms with Gasteiger partial charge in [0.1, 0.15) is 5.82 Å². The van der Waals surface area contributed by atoms with Crippen LogP contribution in [0.3, 0.4) is 0 Å². The summed E-state index contributed by atoms with van der Waals surface area (Å²) in [5.41, 5.74) is 1.87. The predicted octanol–water partition coefficient (Wildman–Crippen LogP) is 5.25. The van der Waals surface area contributed by atoms with E-state index in [1.165, 1.54) is 42.1 Å². The van der Waals surface area contributed by atoms with Crippen molar-refractivity contribution in [2.24, 2.45) is 5.92 Å². The van der Waals surface area contributed by atoms with E-state index in [-0.39, 0.29) is 24.6 Å². The zero-order valence-electron chi connectivity index (χ0n) is 18.5. The average Bonchev–Trinajstić information content (AvgIpc) is 3.18. The quantitative estimate of drug-likeness (QED) is 0.390. The van der Waals surface area contributed by atoms with Crippen LogP contribution in [0.4, 0.5) is 23.2 Å². The molecule has 1 aliphatic rings. The molecule has 2 aromatic heterocycles. The molecule has 0 spiro atoms. The van der Waals surface area contributed by atoms with E-state index >= 15 is 0 Å². The Labute approximate surface area is 188 Å². The number of anilines is 1. The molecule has 0 amide bonds. The van der Waals surface area contributed by atoms with Crippen LogP contribution < -0.4 is 4.90 Å². The molecule has 0 N–H and O–H groups in total. The molecule has 0 saturated carbocycles. The van der Waals surface area contributed by atoms with Crippen molar-refractivity contribution in [3.05, 3.63) is 47.5 Å². The molecule has 4 rings (SSSR count). The number of aromatic nitrogens is 3. The molecule has 1 aromatic carbocycles. The molecule has 1 unspecified atom stereocenters. The van der Waals surface area contributed by atoms with Crippen molar-refractivity contribution in [3.8, 4) is 5.69 Å². The highest BCUT2D eigenvalue weighted by atomic mass is 19.4. The van der Waals surface area contributed by atoms with Gasteiger partial charge in [-0.15, -0.1) is 0 Å². The minimum atomic E-state index is -4.31. The van der Waals surface area contributed by atoms with Gasteiger partial charge in [0.25, 0.3) is 0 Å². The third-order valence-electron chi connectivity index (χ3n) is 5.88. The number of pyridine rings is 1. The van der Waals surface area contributed by atoms with Crippen molar-refractivity contribution in [1.82, 2.24) is 14.8 Å². The number of ether oxygens (including phenoxy) is 1. The Morgan fingerprint density at radius 2 is 1.91 bits per heavy atom. The lowest BCUT2D eigenvalue weighted by Crippen LogP contribution is -2.42. The van der Waals surface area contributed by atoms with Crippen LogP contribution in [0.2, 0.25) is 0 Å². The van der Waals surface area contributed by atoms with Gasteiger partial charge in [0.2, 0.25) is 0 Å². The summed E-state index contributed by atoms with van der Waals surface area (Å²) in [7, 11) is 1.21. The van der Waals surface area contributed by atoms with E-state index in [1.54, 1.807) is 4.90 Å². The summed E-state index contributed by atoms with van der Waals surface area (Å²) in [6, 6.07) is 7.09. The van der Waals surface area contributed by atoms with Crippen molar-refractivity contribution < 1.29 is 27.1 Å². The second kappa shape index (κ2) is 8.64. The summed E-state index contributed by atoms with van der Waals surface area (Å²) in [5.74, 6) is -2.68. The molecule has 0 bridgehead atoms. The first-order valence-corrected chi connectivity index (χ1v) is 10.7. The third-order valence-corrected chi connectivity index (χ3v) is 5.88. The normalized spacial score (nSPS) is 17.1. The largest absolute Gasteiger partial charge is 0.464 e. The number of piperidine rings is 1. The number of halogens is 4. The van der Waals surface area contributed by atoms with Gasteiger partial charge in [0.15, 0.2) is 11.3 Å². The molecule has 1 atom stereocenters. The lowest BCUT2D eigenvalue weighted by atomic mass is 9.96. The van der Waals surface area contributed by atoms with Gasteiger partial charge in [0.05, 0.1) is 35.5 Å². The fourth-order valence-corrected chi connectivity index (χ4v) is 4.21. The van der Waals surface area contributed by atoms with E-state index in [4.69, 9.17) is 4.74 Å². The molecule has 33 heavy (non-hydrogen) atoms. The lowest BCUT2D eigenvalue weighted by molar-refractivity contribution is -0.175. The summed E-state index contributed by atoms with van der Waals surface area (Å²) in [5, 5.41) is 5.24. The fraction of sp³-hybridized carbons (Fsp3) is 0.435. The average molecular weight is 464 g/mol. The Morgan fingerprint density at radius 3 is 2.52 bits per heavy atom. The molecule has 0 aliphatic carbocycles. The van der Waals surface area contributed by atoms with Gasteiger partial charge in [-0.3, -0.25) is 0 Å². The number of hydrogen-bond donors (Lipinski definition) is 0. The zero-order valence-corrected chi connectivity index (χ0v) is 18.5. The molecule has 1 fully saturated rings. The van der Waals surface area contributed by atoms with E-state index in [0.717, 1.165) is 0 Å². The topological polar surface area (TPSA) is 60.2 Å². The van der Waals surface area contributed by atoms with Crippen molar-refractivity contribution in [1.29, 1.82) is 0 Å². The third kappa shape index (κ3) is 4.38. The van der Waals surface area contributed by atoms with Crippen LogP contribution in [0.1, 0.15) is 48.8 Å². The SMILES string of the molecule is COC(=O)c1cc(N2CCCC(C(F)(F)F)C2)c2c(C(C)C)nn(-c3ccc(F)cc3)c2n1. The highest BCUT2D eigenvalue weighted by molar-refractivity contribution is 5.99. The maximum atomic E-state index is 13.5. The molecule has 3 aromatic rings. The van der Waals surface area contributed by atoms with Gasteiger partial charge in [-0.2, -0.15) is 18.3 Å². The first-order valence-electron chi connectivity index (χ1n) is 10.7. The highest BCUT2D eigenvalue weighted by Gasteiger charge is 2.42. The number of benzene rings is 1. The first-order chi connectivity index (χ1) is 15.6. The molecular weight excluding hydrogens is 440 g/mol. The number of alkyl halides is 3. The summed E-state index contributed by atoms with van der Waals surface area (Å²) < 4.78 is 60.4. The van der Waals surface area contributed by atoms with Gasteiger partial charge in [-0.25, -0.2) is 18.9 Å². The maximum absolute atomic E-state index is 13.5. The van der Waals surface area contributed by atoms with Crippen LogP contribution in [0.15, 0.2) is 30.3 Å². The summed E-state index contributed by atoms with van der Waals surface area (Å²) in [4.78, 5) is 18.5. The maximum Gasteiger partial charge on any atom is 0.393 e. The minimum absolute atomic E-state index is 0.0345. The molecule has 0 radical (unpaired) electrons. The molecule has 1 aliphatic heterocycles. The van der Waals surface area contributed by atoms with Crippen molar-refractivity contribution in [2.75, 3.05) is 25.1 Å². The van der Waals surface area contributed by atoms with E-state index in [1.807, 2.05) is 13.8 Å². The van der Waals surface area contributed by atoms with E-state index in [2.05, 4.69) is 10.1 Å². The second-order valence-corrected chi connectivity index (χ2v) is 8.47. The first kappa shape index (κ1) is 23.0. The van der Waals surface area contributed by atoms with Crippen LogP contribution in [-0.2, 0) is 4.74 Å². The van der Waals surface area contributed by atoms with Gasteiger partial charge >= 0.3 is 12.1 Å². The van der Waals surface area contributed by atoms with Gasteiger partial charge in [0, 0.05) is 13.1 Å². The number of hydrogen-bond acceptors (Lipinski definition) is 5. The molecule has 1 saturated heterocycles. The number of rotatable bonds is 4. The Balaban J connectivity index is 1.97. The van der Waals surface area contributed by atoms with Crippen LogP contribution in [0, 0.1) is 11.7 Å². The lowest BCUT2D eigenvalue weighted by Gasteiger charge is -2.35. The van der Waals surface area contributed by atoms with Crippen molar-refractivity contribution in [3.63, 3.8) is 0 Å². The second-order valence-electron chi connectivity index (χ2n) is 8.47. The molecule has 10 heteroatoms. The van der Waals surface area contributed by atoms with Crippen LogP contribution in [-0.4, -0.2) is 47.1 Å². The van der Waals surface area contributed by atoms with Crippen molar-refractivity contribution >= 4 is 22.7 Å². The fourth-order valence-electron chi connectivity index (χ4n) is 4.21. The monoisotopic (exact) mass is 464 g/mol. The van der Waals surface area contributed by atoms with Gasteiger partial charge in [-0.1, -0.05) is 13.8 Å². The summed E-state index contributed by atoms with van der Waals surface area (Å²) in [6.07, 6.45) is -3.89. The molecule has 3 heterocycles. The predicted molar refractivity (Wildman–Crippen MR) is 115 cm³/mol. The Hall–Kier alpha value is -3.17. The van der Waals surface area contributed by atoms with E-state index in [0.29, 0.717) is 41.1 Å². The van der Waals surface area contributed by atoms with Crippen LogP contribution in [0.5, 0.6) is 0 Å². The zero-order chi connectivity index (χ0) is 23.9. The number of carbonyl (C=O) groups is 1. The minimum Gasteiger partial charge on any atom is -0.464 e.